The van der Waals surface area contributed by atoms with Crippen LogP contribution in [0.3, 0.4) is 0 Å². The number of esters is 4. The average molecular weight is 425 g/mol. The normalized spacial score (nSPS) is 8.00. The van der Waals surface area contributed by atoms with Gasteiger partial charge in [-0.1, -0.05) is 42.0 Å². The molecule has 0 aliphatic carbocycles. The van der Waals surface area contributed by atoms with Crippen LogP contribution in [-0.4, -0.2) is 50.8 Å². The smallest absolute Gasteiger partial charge is 0.305 e. The Balaban J connectivity index is -0.0000000885. The summed E-state index contributed by atoms with van der Waals surface area (Å²) in [6.45, 7) is 14.1. The minimum atomic E-state index is -0.245. The third-order valence-electron chi connectivity index (χ3n) is 2.39. The van der Waals surface area contributed by atoms with Crippen molar-refractivity contribution in [3.05, 3.63) is 0 Å². The molecule has 0 unspecified atom stereocenters. The summed E-state index contributed by atoms with van der Waals surface area (Å²) in [6.07, 6.45) is 3.27. The largest absolute Gasteiger partial charge is 0.469 e. The van der Waals surface area contributed by atoms with Crippen LogP contribution in [0.15, 0.2) is 0 Å². The van der Waals surface area contributed by atoms with Gasteiger partial charge >= 0.3 is 23.9 Å². The molecule has 8 nitrogen and oxygen atoms in total. The first-order chi connectivity index (χ1) is 13.2. The lowest BCUT2D eigenvalue weighted by atomic mass is 10.5. The molecule has 0 heterocycles. The predicted octanol–water partition coefficient (Wildman–Crippen LogP) is 4.47. The molecule has 0 atom stereocenters. The third-order valence-corrected chi connectivity index (χ3v) is 2.39. The van der Waals surface area contributed by atoms with Crippen molar-refractivity contribution >= 4 is 23.9 Å². The van der Waals surface area contributed by atoms with E-state index in [9.17, 15) is 19.2 Å². The molecule has 0 aliphatic rings. The monoisotopic (exact) mass is 424 g/mol. The highest BCUT2D eigenvalue weighted by atomic mass is 16.5. The van der Waals surface area contributed by atoms with Crippen molar-refractivity contribution in [1.29, 1.82) is 0 Å². The lowest BCUT2D eigenvalue weighted by Gasteiger charge is -1.97. The van der Waals surface area contributed by atoms with Crippen LogP contribution in [0.2, 0.25) is 0 Å². The Morgan fingerprint density at radius 1 is 0.621 bits per heavy atom. The molecule has 0 aromatic rings. The highest BCUT2D eigenvalue weighted by molar-refractivity contribution is 5.69. The van der Waals surface area contributed by atoms with Crippen molar-refractivity contribution in [3.63, 3.8) is 0 Å². The first-order valence-corrected chi connectivity index (χ1v) is 9.71. The quantitative estimate of drug-likeness (QED) is 0.415. The molecule has 29 heavy (non-hydrogen) atoms. The third kappa shape index (κ3) is 51.8. The van der Waals surface area contributed by atoms with Crippen LogP contribution in [-0.2, 0) is 38.1 Å². The molecule has 0 saturated heterocycles. The van der Waals surface area contributed by atoms with Gasteiger partial charge in [-0.2, -0.15) is 0 Å². The summed E-state index contributed by atoms with van der Waals surface area (Å²) < 4.78 is 18.1. The van der Waals surface area contributed by atoms with Gasteiger partial charge < -0.3 is 18.9 Å². The van der Waals surface area contributed by atoms with E-state index in [-0.39, 0.29) is 31.3 Å². The van der Waals surface area contributed by atoms with E-state index < -0.39 is 0 Å². The zero-order valence-electron chi connectivity index (χ0n) is 18.9. The summed E-state index contributed by atoms with van der Waals surface area (Å²) in [7, 11) is 1.35. The molecule has 0 spiro atoms. The number of rotatable bonds is 8. The summed E-state index contributed by atoms with van der Waals surface area (Å²) in [4.78, 5) is 40.5. The Bertz CT molecular complexity index is 361. The number of hydrogen-bond acceptors (Lipinski definition) is 8. The molecule has 0 rings (SSSR count). The van der Waals surface area contributed by atoms with E-state index in [2.05, 4.69) is 9.47 Å². The maximum Gasteiger partial charge on any atom is 0.305 e. The first-order valence-electron chi connectivity index (χ1n) is 9.71. The molecule has 0 aromatic carbocycles. The summed E-state index contributed by atoms with van der Waals surface area (Å²) in [5, 5.41) is 0. The molecule has 0 N–H and O–H groups in total. The Labute approximate surface area is 177 Å². The molecule has 8 heteroatoms. The topological polar surface area (TPSA) is 105 Å². The van der Waals surface area contributed by atoms with Crippen LogP contribution >= 0.6 is 0 Å². The van der Waals surface area contributed by atoms with Gasteiger partial charge in [0.05, 0.1) is 26.9 Å². The highest BCUT2D eigenvalue weighted by Crippen LogP contribution is 1.86. The van der Waals surface area contributed by atoms with Crippen molar-refractivity contribution < 1.29 is 38.1 Å². The summed E-state index contributed by atoms with van der Waals surface area (Å²) >= 11 is 0. The fourth-order valence-corrected chi connectivity index (χ4v) is 0.899. The lowest BCUT2D eigenvalue weighted by molar-refractivity contribution is -0.144. The fraction of sp³-hybridized carbons (Fsp3) is 0.810. The van der Waals surface area contributed by atoms with Gasteiger partial charge in [-0.05, 0) is 19.8 Å². The molecule has 0 amide bonds. The summed E-state index contributed by atoms with van der Waals surface area (Å²) in [5.41, 5.74) is 0. The molecular weight excluding hydrogens is 380 g/mol. The average Bonchev–Trinajstić information content (AvgIpc) is 2.71. The molecule has 0 aromatic heterocycles. The first kappa shape index (κ1) is 37.6. The molecule has 0 radical (unpaired) electrons. The molecule has 176 valence electrons. The Morgan fingerprint density at radius 2 is 0.897 bits per heavy atom. The van der Waals surface area contributed by atoms with E-state index in [0.29, 0.717) is 39.1 Å². The Morgan fingerprint density at radius 3 is 1.03 bits per heavy atom. The number of carbonyl (C=O) groups is 4. The summed E-state index contributed by atoms with van der Waals surface area (Å²) in [6, 6.07) is 0. The second kappa shape index (κ2) is 33.5. The molecular formula is C21H44O8. The van der Waals surface area contributed by atoms with Crippen LogP contribution in [0, 0.1) is 0 Å². The van der Waals surface area contributed by atoms with Crippen molar-refractivity contribution in [2.45, 2.75) is 88.0 Å². The maximum atomic E-state index is 10.3. The van der Waals surface area contributed by atoms with Crippen LogP contribution in [0.1, 0.15) is 88.0 Å². The van der Waals surface area contributed by atoms with Crippen LogP contribution in [0.5, 0.6) is 0 Å². The Hall–Kier alpha value is -2.12. The van der Waals surface area contributed by atoms with Crippen molar-refractivity contribution in [2.24, 2.45) is 0 Å². The van der Waals surface area contributed by atoms with Gasteiger partial charge in [0.1, 0.15) is 0 Å². The van der Waals surface area contributed by atoms with Crippen LogP contribution in [0.4, 0.5) is 0 Å². The maximum absolute atomic E-state index is 10.3. The van der Waals surface area contributed by atoms with E-state index in [1.807, 2.05) is 13.8 Å². The molecule has 0 bridgehead atoms. The number of methoxy groups -OCH3 is 1. The number of carbonyl (C=O) groups excluding carboxylic acids is 4. The molecule has 0 aliphatic heterocycles. The van der Waals surface area contributed by atoms with Gasteiger partial charge in [0.25, 0.3) is 0 Å². The molecule has 0 fully saturated rings. The van der Waals surface area contributed by atoms with E-state index in [1.54, 1.807) is 27.7 Å². The standard InChI is InChI=1S/2C6H12O2.C5H10O2.C3H6O2.CH4/c2*1-3-5-8-6(7)4-2;1-3-5(6)7-4-2;1-3(4)5-2;/h2*3-5H2,1-2H3;3-4H2,1-2H3;1-2H3;1H4. The van der Waals surface area contributed by atoms with E-state index in [0.717, 1.165) is 12.8 Å². The van der Waals surface area contributed by atoms with Gasteiger partial charge in [0.2, 0.25) is 0 Å². The van der Waals surface area contributed by atoms with E-state index in [1.165, 1.54) is 14.0 Å². The van der Waals surface area contributed by atoms with Gasteiger partial charge in [0.15, 0.2) is 0 Å². The van der Waals surface area contributed by atoms with Gasteiger partial charge in [-0.15, -0.1) is 0 Å². The second-order valence-electron chi connectivity index (χ2n) is 5.00. The zero-order chi connectivity index (χ0) is 22.8. The summed E-state index contributed by atoms with van der Waals surface area (Å²) in [5.74, 6) is -0.578. The van der Waals surface area contributed by atoms with Crippen molar-refractivity contribution in [3.8, 4) is 0 Å². The lowest BCUT2D eigenvalue weighted by Crippen LogP contribution is -2.02. The predicted molar refractivity (Wildman–Crippen MR) is 114 cm³/mol. The van der Waals surface area contributed by atoms with Crippen molar-refractivity contribution in [2.75, 3.05) is 26.9 Å². The van der Waals surface area contributed by atoms with Crippen LogP contribution < -0.4 is 0 Å². The van der Waals surface area contributed by atoms with E-state index >= 15 is 0 Å². The van der Waals surface area contributed by atoms with Crippen molar-refractivity contribution in [1.82, 2.24) is 0 Å². The van der Waals surface area contributed by atoms with Gasteiger partial charge in [-0.25, -0.2) is 0 Å². The highest BCUT2D eigenvalue weighted by Gasteiger charge is 1.94. The number of ether oxygens (including phenoxy) is 4. The van der Waals surface area contributed by atoms with Gasteiger partial charge in [-0.3, -0.25) is 19.2 Å². The SMILES string of the molecule is C.CCCOC(=O)CC.CCCOC(=O)CC.CCOC(=O)CC.COC(C)=O. The minimum absolute atomic E-state index is 0. The fourth-order valence-electron chi connectivity index (χ4n) is 0.899. The Kier molecular flexibility index (Phi) is 43.4. The van der Waals surface area contributed by atoms with E-state index in [4.69, 9.17) is 9.47 Å². The second-order valence-corrected chi connectivity index (χ2v) is 5.00. The zero-order valence-corrected chi connectivity index (χ0v) is 18.9. The number of hydrogen-bond donors (Lipinski definition) is 0. The van der Waals surface area contributed by atoms with Gasteiger partial charge in [0, 0.05) is 26.2 Å². The minimum Gasteiger partial charge on any atom is -0.469 e. The molecule has 0 saturated carbocycles. The van der Waals surface area contributed by atoms with Crippen LogP contribution in [0.25, 0.3) is 0 Å².